The first-order chi connectivity index (χ1) is 10.5. The van der Waals surface area contributed by atoms with Gasteiger partial charge in [-0.1, -0.05) is 24.3 Å². The van der Waals surface area contributed by atoms with Crippen LogP contribution in [0.15, 0.2) is 42.5 Å². The van der Waals surface area contributed by atoms with E-state index in [1.165, 1.54) is 0 Å². The van der Waals surface area contributed by atoms with E-state index in [-0.39, 0.29) is 5.91 Å². The van der Waals surface area contributed by atoms with Crippen LogP contribution in [0.1, 0.15) is 18.1 Å². The molecule has 0 aliphatic heterocycles. The number of ether oxygens (including phenoxy) is 2. The largest absolute Gasteiger partial charge is 0.493 e. The van der Waals surface area contributed by atoms with Crippen LogP contribution in [0, 0.1) is 13.8 Å². The molecule has 0 heterocycles. The zero-order valence-electron chi connectivity index (χ0n) is 13.3. The number of methoxy groups -OCH3 is 1. The molecule has 1 amide bonds. The molecule has 0 aliphatic carbocycles. The summed E-state index contributed by atoms with van der Waals surface area (Å²) in [4.78, 5) is 12.3. The van der Waals surface area contributed by atoms with Gasteiger partial charge in [-0.15, -0.1) is 0 Å². The van der Waals surface area contributed by atoms with E-state index in [1.54, 1.807) is 26.2 Å². The molecule has 2 aromatic rings. The first-order valence-electron chi connectivity index (χ1n) is 7.19. The highest BCUT2D eigenvalue weighted by atomic mass is 16.5. The number of aryl methyl sites for hydroxylation is 1. The Morgan fingerprint density at radius 3 is 2.41 bits per heavy atom. The predicted molar refractivity (Wildman–Crippen MR) is 87.6 cm³/mol. The van der Waals surface area contributed by atoms with E-state index < -0.39 is 6.10 Å². The molecule has 0 aromatic heterocycles. The van der Waals surface area contributed by atoms with Crippen LogP contribution in [-0.4, -0.2) is 19.1 Å². The van der Waals surface area contributed by atoms with E-state index in [0.717, 1.165) is 16.8 Å². The summed E-state index contributed by atoms with van der Waals surface area (Å²) in [5.41, 5.74) is 3.00. The van der Waals surface area contributed by atoms with Gasteiger partial charge in [0, 0.05) is 5.69 Å². The molecule has 0 radical (unpaired) electrons. The lowest BCUT2D eigenvalue weighted by Crippen LogP contribution is -2.30. The molecule has 0 bridgehead atoms. The van der Waals surface area contributed by atoms with Crippen molar-refractivity contribution in [3.05, 3.63) is 53.6 Å². The number of hydrogen-bond acceptors (Lipinski definition) is 3. The Hall–Kier alpha value is -2.49. The molecule has 0 saturated heterocycles. The maximum Gasteiger partial charge on any atom is 0.265 e. The topological polar surface area (TPSA) is 47.6 Å². The number of carbonyl (C=O) groups is 1. The van der Waals surface area contributed by atoms with Gasteiger partial charge in [-0.05, 0) is 50.1 Å². The molecule has 4 heteroatoms. The van der Waals surface area contributed by atoms with Crippen molar-refractivity contribution in [1.29, 1.82) is 0 Å². The van der Waals surface area contributed by atoms with Gasteiger partial charge in [0.2, 0.25) is 0 Å². The quantitative estimate of drug-likeness (QED) is 0.915. The van der Waals surface area contributed by atoms with Crippen molar-refractivity contribution in [1.82, 2.24) is 0 Å². The monoisotopic (exact) mass is 299 g/mol. The van der Waals surface area contributed by atoms with Gasteiger partial charge in [-0.2, -0.15) is 0 Å². The molecule has 1 unspecified atom stereocenters. The lowest BCUT2D eigenvalue weighted by molar-refractivity contribution is -0.122. The van der Waals surface area contributed by atoms with E-state index >= 15 is 0 Å². The SMILES string of the molecule is COc1ccccc1OC(C)C(=O)Nc1cccc(C)c1C. The average Bonchev–Trinajstić information content (AvgIpc) is 2.52. The first-order valence-corrected chi connectivity index (χ1v) is 7.19. The van der Waals surface area contributed by atoms with Crippen molar-refractivity contribution >= 4 is 11.6 Å². The van der Waals surface area contributed by atoms with Crippen LogP contribution in [0.4, 0.5) is 5.69 Å². The predicted octanol–water partition coefficient (Wildman–Crippen LogP) is 3.72. The number of amides is 1. The maximum absolute atomic E-state index is 12.3. The number of nitrogens with one attached hydrogen (secondary N) is 1. The second-order valence-electron chi connectivity index (χ2n) is 5.15. The van der Waals surface area contributed by atoms with Crippen molar-refractivity contribution in [2.24, 2.45) is 0 Å². The van der Waals surface area contributed by atoms with Gasteiger partial charge in [0.15, 0.2) is 17.6 Å². The third-order valence-corrected chi connectivity index (χ3v) is 3.60. The molecule has 22 heavy (non-hydrogen) atoms. The minimum atomic E-state index is -0.629. The van der Waals surface area contributed by atoms with Crippen molar-refractivity contribution < 1.29 is 14.3 Å². The van der Waals surface area contributed by atoms with Crippen LogP contribution in [0.5, 0.6) is 11.5 Å². The Bertz CT molecular complexity index is 667. The number of para-hydroxylation sites is 2. The molecular formula is C18H21NO3. The summed E-state index contributed by atoms with van der Waals surface area (Å²) in [7, 11) is 1.57. The van der Waals surface area contributed by atoms with Crippen LogP contribution in [-0.2, 0) is 4.79 Å². The number of rotatable bonds is 5. The van der Waals surface area contributed by atoms with Crippen molar-refractivity contribution in [3.63, 3.8) is 0 Å². The lowest BCUT2D eigenvalue weighted by Gasteiger charge is -2.17. The standard InChI is InChI=1S/C18H21NO3/c1-12-8-7-9-15(13(12)2)19-18(20)14(3)22-17-11-6-5-10-16(17)21-4/h5-11,14H,1-4H3,(H,19,20). The third kappa shape index (κ3) is 3.58. The Morgan fingerprint density at radius 2 is 1.73 bits per heavy atom. The average molecular weight is 299 g/mol. The molecule has 4 nitrogen and oxygen atoms in total. The van der Waals surface area contributed by atoms with Crippen LogP contribution in [0.3, 0.4) is 0 Å². The molecule has 0 aliphatic rings. The second kappa shape index (κ2) is 6.98. The molecule has 116 valence electrons. The number of anilines is 1. The maximum atomic E-state index is 12.3. The molecule has 2 aromatic carbocycles. The van der Waals surface area contributed by atoms with Crippen LogP contribution in [0.2, 0.25) is 0 Å². The smallest absolute Gasteiger partial charge is 0.265 e. The summed E-state index contributed by atoms with van der Waals surface area (Å²) in [6, 6.07) is 13.1. The van der Waals surface area contributed by atoms with Gasteiger partial charge in [0.1, 0.15) is 0 Å². The molecule has 0 saturated carbocycles. The summed E-state index contributed by atoms with van der Waals surface area (Å²) in [5.74, 6) is 0.960. The van der Waals surface area contributed by atoms with E-state index in [2.05, 4.69) is 5.32 Å². The fourth-order valence-electron chi connectivity index (χ4n) is 2.08. The van der Waals surface area contributed by atoms with Gasteiger partial charge in [0.25, 0.3) is 5.91 Å². The molecular weight excluding hydrogens is 278 g/mol. The zero-order chi connectivity index (χ0) is 16.1. The number of carbonyl (C=O) groups excluding carboxylic acids is 1. The minimum absolute atomic E-state index is 0.195. The van der Waals surface area contributed by atoms with E-state index in [1.807, 2.05) is 44.2 Å². The van der Waals surface area contributed by atoms with Crippen LogP contribution < -0.4 is 14.8 Å². The van der Waals surface area contributed by atoms with Gasteiger partial charge in [-0.25, -0.2) is 0 Å². The van der Waals surface area contributed by atoms with E-state index in [0.29, 0.717) is 11.5 Å². The normalized spacial score (nSPS) is 11.6. The van der Waals surface area contributed by atoms with Crippen molar-refractivity contribution in [2.75, 3.05) is 12.4 Å². The van der Waals surface area contributed by atoms with Crippen molar-refractivity contribution in [3.8, 4) is 11.5 Å². The zero-order valence-corrected chi connectivity index (χ0v) is 13.3. The molecule has 0 spiro atoms. The summed E-state index contributed by atoms with van der Waals surface area (Å²) in [6.45, 7) is 5.71. The highest BCUT2D eigenvalue weighted by molar-refractivity contribution is 5.94. The molecule has 2 rings (SSSR count). The van der Waals surface area contributed by atoms with Gasteiger partial charge in [0.05, 0.1) is 7.11 Å². The Kier molecular flexibility index (Phi) is 5.04. The highest BCUT2D eigenvalue weighted by Crippen LogP contribution is 2.27. The van der Waals surface area contributed by atoms with Gasteiger partial charge in [-0.3, -0.25) is 4.79 Å². The molecule has 0 fully saturated rings. The summed E-state index contributed by atoms with van der Waals surface area (Å²) in [6.07, 6.45) is -0.629. The number of benzene rings is 2. The van der Waals surface area contributed by atoms with Crippen LogP contribution in [0.25, 0.3) is 0 Å². The van der Waals surface area contributed by atoms with E-state index in [9.17, 15) is 4.79 Å². The summed E-state index contributed by atoms with van der Waals surface area (Å²) >= 11 is 0. The van der Waals surface area contributed by atoms with Crippen LogP contribution >= 0.6 is 0 Å². The summed E-state index contributed by atoms with van der Waals surface area (Å²) in [5, 5.41) is 2.90. The molecule has 1 N–H and O–H groups in total. The third-order valence-electron chi connectivity index (χ3n) is 3.60. The fraction of sp³-hybridized carbons (Fsp3) is 0.278. The van der Waals surface area contributed by atoms with Gasteiger partial charge < -0.3 is 14.8 Å². The Morgan fingerprint density at radius 1 is 1.05 bits per heavy atom. The van der Waals surface area contributed by atoms with E-state index in [4.69, 9.17) is 9.47 Å². The Balaban J connectivity index is 2.08. The van der Waals surface area contributed by atoms with Crippen molar-refractivity contribution in [2.45, 2.75) is 26.9 Å². The first kappa shape index (κ1) is 15.9. The lowest BCUT2D eigenvalue weighted by atomic mass is 10.1. The van der Waals surface area contributed by atoms with Gasteiger partial charge >= 0.3 is 0 Å². The fourth-order valence-corrected chi connectivity index (χ4v) is 2.08. The Labute approximate surface area is 131 Å². The number of hydrogen-bond donors (Lipinski definition) is 1. The second-order valence-corrected chi connectivity index (χ2v) is 5.15. The minimum Gasteiger partial charge on any atom is -0.493 e. The summed E-state index contributed by atoms with van der Waals surface area (Å²) < 4.78 is 10.9. The highest BCUT2D eigenvalue weighted by Gasteiger charge is 2.17. The molecule has 1 atom stereocenters.